The maximum absolute atomic E-state index is 12.6. The Kier molecular flexibility index (Phi) is 4.19. The van der Waals surface area contributed by atoms with E-state index in [4.69, 9.17) is 0 Å². The summed E-state index contributed by atoms with van der Waals surface area (Å²) < 4.78 is 26.4. The van der Waals surface area contributed by atoms with E-state index in [9.17, 15) is 13.9 Å². The summed E-state index contributed by atoms with van der Waals surface area (Å²) in [5.74, 6) is 1.29. The van der Waals surface area contributed by atoms with Crippen molar-refractivity contribution in [1.82, 2.24) is 19.7 Å². The molecule has 2 aromatic heterocycles. The highest BCUT2D eigenvalue weighted by Gasteiger charge is 2.25. The monoisotopic (exact) mass is 311 g/mol. The van der Waals surface area contributed by atoms with Crippen molar-refractivity contribution in [2.24, 2.45) is 11.8 Å². The van der Waals surface area contributed by atoms with Gasteiger partial charge >= 0.3 is 0 Å². The second kappa shape index (κ2) is 6.12. The van der Waals surface area contributed by atoms with Crippen LogP contribution in [0.25, 0.3) is 11.2 Å². The lowest BCUT2D eigenvalue weighted by molar-refractivity contribution is 0.123. The first-order valence-electron chi connectivity index (χ1n) is 7.39. The highest BCUT2D eigenvalue weighted by atomic mass is 19.3. The first kappa shape index (κ1) is 15.1. The Morgan fingerprint density at radius 1 is 1.36 bits per heavy atom. The molecule has 2 atom stereocenters. The first-order chi connectivity index (χ1) is 10.6. The van der Waals surface area contributed by atoms with Crippen molar-refractivity contribution in [3.8, 4) is 0 Å². The lowest BCUT2D eigenvalue weighted by Gasteiger charge is -2.36. The third-order valence-electron chi connectivity index (χ3n) is 3.97. The van der Waals surface area contributed by atoms with Gasteiger partial charge in [0.2, 0.25) is 0 Å². The number of alkyl halides is 2. The van der Waals surface area contributed by atoms with Crippen molar-refractivity contribution in [2.75, 3.05) is 24.6 Å². The van der Waals surface area contributed by atoms with Gasteiger partial charge in [0.15, 0.2) is 5.65 Å². The number of aliphatic hydroxyl groups excluding tert-OH is 1. The maximum Gasteiger partial charge on any atom is 0.258 e. The van der Waals surface area contributed by atoms with E-state index in [1.165, 1.54) is 10.9 Å². The molecule has 1 aliphatic heterocycles. The van der Waals surface area contributed by atoms with Gasteiger partial charge in [-0.25, -0.2) is 23.4 Å². The van der Waals surface area contributed by atoms with Crippen LogP contribution in [-0.4, -0.2) is 51.0 Å². The van der Waals surface area contributed by atoms with Gasteiger partial charge in [-0.2, -0.15) is 5.10 Å². The number of aromatic nitrogens is 4. The number of hydrogen-bond donors (Lipinski definition) is 1. The predicted octanol–water partition coefficient (Wildman–Crippen LogP) is 1.55. The summed E-state index contributed by atoms with van der Waals surface area (Å²) in [6, 6.07) is 0. The van der Waals surface area contributed by atoms with Crippen LogP contribution < -0.4 is 4.90 Å². The minimum Gasteiger partial charge on any atom is -0.396 e. The maximum atomic E-state index is 12.6. The van der Waals surface area contributed by atoms with Crippen molar-refractivity contribution in [3.05, 3.63) is 12.4 Å². The number of aliphatic hydroxyl groups is 1. The van der Waals surface area contributed by atoms with Gasteiger partial charge in [0.05, 0.1) is 12.4 Å². The van der Waals surface area contributed by atoms with Crippen LogP contribution in [0.1, 0.15) is 13.3 Å². The number of piperidine rings is 1. The quantitative estimate of drug-likeness (QED) is 0.928. The highest BCUT2D eigenvalue weighted by Crippen LogP contribution is 2.25. The van der Waals surface area contributed by atoms with Crippen LogP contribution in [0.2, 0.25) is 0 Å². The molecule has 22 heavy (non-hydrogen) atoms. The summed E-state index contributed by atoms with van der Waals surface area (Å²) in [5, 5.41) is 13.3. The average molecular weight is 311 g/mol. The van der Waals surface area contributed by atoms with Gasteiger partial charge < -0.3 is 10.0 Å². The Morgan fingerprint density at radius 2 is 2.18 bits per heavy atom. The molecule has 1 fully saturated rings. The van der Waals surface area contributed by atoms with Crippen molar-refractivity contribution in [1.29, 1.82) is 0 Å². The van der Waals surface area contributed by atoms with E-state index in [1.54, 1.807) is 6.20 Å². The third kappa shape index (κ3) is 3.01. The molecule has 2 aromatic rings. The Morgan fingerprint density at radius 3 is 2.91 bits per heavy atom. The summed E-state index contributed by atoms with van der Waals surface area (Å²) in [6.45, 7) is 3.29. The topological polar surface area (TPSA) is 67.1 Å². The fraction of sp³-hybridized carbons (Fsp3) is 0.643. The number of halogens is 2. The van der Waals surface area contributed by atoms with Gasteiger partial charge in [0, 0.05) is 19.7 Å². The fourth-order valence-corrected chi connectivity index (χ4v) is 3.06. The van der Waals surface area contributed by atoms with Crippen LogP contribution in [0.4, 0.5) is 14.6 Å². The second-order valence-corrected chi connectivity index (χ2v) is 5.95. The molecule has 0 amide bonds. The Balaban J connectivity index is 1.90. The van der Waals surface area contributed by atoms with Crippen LogP contribution in [0.5, 0.6) is 0 Å². The Labute approximate surface area is 126 Å². The summed E-state index contributed by atoms with van der Waals surface area (Å²) in [6.07, 6.45) is 1.58. The molecule has 1 saturated heterocycles. The zero-order valence-electron chi connectivity index (χ0n) is 12.4. The van der Waals surface area contributed by atoms with Crippen molar-refractivity contribution in [2.45, 2.75) is 26.3 Å². The van der Waals surface area contributed by atoms with Crippen LogP contribution in [0, 0.1) is 11.8 Å². The summed E-state index contributed by atoms with van der Waals surface area (Å²) in [4.78, 5) is 10.8. The highest BCUT2D eigenvalue weighted by molar-refractivity contribution is 5.71. The SMILES string of the molecule is C[C@@H]1C[C@@H](CO)CN(c2cnc3cnn(CC(F)F)c3n2)C1. The minimum absolute atomic E-state index is 0.139. The van der Waals surface area contributed by atoms with E-state index >= 15 is 0 Å². The Hall–Kier alpha value is -1.83. The van der Waals surface area contributed by atoms with E-state index in [-0.39, 0.29) is 12.5 Å². The number of rotatable bonds is 4. The van der Waals surface area contributed by atoms with Gasteiger partial charge in [0.1, 0.15) is 17.9 Å². The van der Waals surface area contributed by atoms with E-state index in [0.29, 0.717) is 29.4 Å². The predicted molar refractivity (Wildman–Crippen MR) is 77.9 cm³/mol. The zero-order chi connectivity index (χ0) is 15.7. The second-order valence-electron chi connectivity index (χ2n) is 5.95. The smallest absolute Gasteiger partial charge is 0.258 e. The van der Waals surface area contributed by atoms with Gasteiger partial charge in [0.25, 0.3) is 6.43 Å². The van der Waals surface area contributed by atoms with Crippen molar-refractivity contribution in [3.63, 3.8) is 0 Å². The van der Waals surface area contributed by atoms with Gasteiger partial charge in [-0.15, -0.1) is 0 Å². The molecule has 0 radical (unpaired) electrons. The Bertz CT molecular complexity index is 647. The van der Waals surface area contributed by atoms with E-state index in [0.717, 1.165) is 13.0 Å². The van der Waals surface area contributed by atoms with Crippen LogP contribution in [0.15, 0.2) is 12.4 Å². The van der Waals surface area contributed by atoms with Gasteiger partial charge in [-0.05, 0) is 18.3 Å². The lowest BCUT2D eigenvalue weighted by atomic mass is 9.91. The van der Waals surface area contributed by atoms with E-state index in [2.05, 4.69) is 26.9 Å². The van der Waals surface area contributed by atoms with E-state index < -0.39 is 13.0 Å². The standard InChI is InChI=1S/C14H19F2N5O/c1-9-2-10(8-22)6-20(5-9)13-4-17-11-3-18-21(7-12(15)16)14(11)19-13/h3-4,9-10,12,22H,2,5-8H2,1H3/t9-,10-/m1/s1. The lowest BCUT2D eigenvalue weighted by Crippen LogP contribution is -2.41. The molecule has 0 bridgehead atoms. The van der Waals surface area contributed by atoms with Crippen molar-refractivity contribution >= 4 is 17.0 Å². The normalized spacial score (nSPS) is 22.7. The van der Waals surface area contributed by atoms with E-state index in [1.807, 2.05) is 0 Å². The molecule has 1 N–H and O–H groups in total. The molecule has 0 spiro atoms. The molecule has 8 heteroatoms. The molecular weight excluding hydrogens is 292 g/mol. The molecule has 3 heterocycles. The molecule has 1 aliphatic rings. The number of fused-ring (bicyclic) bond motifs is 1. The molecule has 120 valence electrons. The molecule has 6 nitrogen and oxygen atoms in total. The fourth-order valence-electron chi connectivity index (χ4n) is 3.06. The molecule has 0 unspecified atom stereocenters. The molecule has 0 aromatic carbocycles. The van der Waals surface area contributed by atoms with Crippen LogP contribution >= 0.6 is 0 Å². The third-order valence-corrected chi connectivity index (χ3v) is 3.97. The molecule has 0 saturated carbocycles. The summed E-state index contributed by atoms with van der Waals surface area (Å²) in [7, 11) is 0. The molecule has 3 rings (SSSR count). The number of nitrogens with zero attached hydrogens (tertiary/aromatic N) is 5. The first-order valence-corrected chi connectivity index (χ1v) is 7.39. The van der Waals surface area contributed by atoms with Crippen LogP contribution in [0.3, 0.4) is 0 Å². The number of hydrogen-bond acceptors (Lipinski definition) is 5. The summed E-state index contributed by atoms with van der Waals surface area (Å²) >= 11 is 0. The van der Waals surface area contributed by atoms with Crippen LogP contribution in [-0.2, 0) is 6.54 Å². The summed E-state index contributed by atoms with van der Waals surface area (Å²) in [5.41, 5.74) is 0.879. The molecule has 0 aliphatic carbocycles. The average Bonchev–Trinajstić information content (AvgIpc) is 2.88. The van der Waals surface area contributed by atoms with Gasteiger partial charge in [-0.3, -0.25) is 0 Å². The minimum atomic E-state index is -2.48. The van der Waals surface area contributed by atoms with Crippen molar-refractivity contribution < 1.29 is 13.9 Å². The zero-order valence-corrected chi connectivity index (χ0v) is 12.4. The van der Waals surface area contributed by atoms with Gasteiger partial charge in [-0.1, -0.05) is 6.92 Å². The largest absolute Gasteiger partial charge is 0.396 e. The number of anilines is 1. The molecular formula is C14H19F2N5O.